The van der Waals surface area contributed by atoms with Crippen LogP contribution < -0.4 is 5.32 Å². The highest BCUT2D eigenvalue weighted by Crippen LogP contribution is 2.22. The Morgan fingerprint density at radius 1 is 1.43 bits per heavy atom. The molecule has 21 heavy (non-hydrogen) atoms. The zero-order valence-corrected chi connectivity index (χ0v) is 13.8. The molecule has 1 aromatic carbocycles. The molecule has 1 aliphatic heterocycles. The van der Waals surface area contributed by atoms with Crippen LogP contribution in [0.2, 0.25) is 0 Å². The Bertz CT molecular complexity index is 640. The van der Waals surface area contributed by atoms with Crippen molar-refractivity contribution in [3.63, 3.8) is 0 Å². The number of rotatable bonds is 3. The van der Waals surface area contributed by atoms with Crippen LogP contribution in [0.4, 0.5) is 0 Å². The lowest BCUT2D eigenvalue weighted by Gasteiger charge is -2.31. The van der Waals surface area contributed by atoms with Crippen LogP contribution in [0.15, 0.2) is 23.1 Å². The van der Waals surface area contributed by atoms with Crippen LogP contribution in [-0.4, -0.2) is 38.9 Å². The van der Waals surface area contributed by atoms with Gasteiger partial charge in [-0.25, -0.2) is 8.42 Å². The molecule has 0 bridgehead atoms. The first-order chi connectivity index (χ1) is 9.48. The zero-order chi connectivity index (χ0) is 14.8. The van der Waals surface area contributed by atoms with Gasteiger partial charge in [-0.05, 0) is 50.6 Å². The highest BCUT2D eigenvalue weighted by molar-refractivity contribution is 7.89. The summed E-state index contributed by atoms with van der Waals surface area (Å²) in [5.41, 5.74) is 1.20. The van der Waals surface area contributed by atoms with Crippen LogP contribution in [0.25, 0.3) is 0 Å². The summed E-state index contributed by atoms with van der Waals surface area (Å²) >= 11 is 0. The minimum atomic E-state index is -3.47. The van der Waals surface area contributed by atoms with Gasteiger partial charge < -0.3 is 5.32 Å². The second kappa shape index (κ2) is 7.23. The van der Waals surface area contributed by atoms with E-state index in [-0.39, 0.29) is 23.3 Å². The molecular weight excluding hydrogens is 310 g/mol. The fourth-order valence-electron chi connectivity index (χ4n) is 2.47. The number of hydrogen-bond donors (Lipinski definition) is 1. The summed E-state index contributed by atoms with van der Waals surface area (Å²) in [7, 11) is -1.61. The molecule has 1 unspecified atom stereocenters. The monoisotopic (exact) mass is 329 g/mol. The number of sulfonamides is 1. The number of aryl methyl sites for hydroxylation is 1. The molecule has 1 aromatic rings. The Morgan fingerprint density at radius 3 is 2.71 bits per heavy atom. The molecule has 0 spiro atoms. The lowest BCUT2D eigenvalue weighted by molar-refractivity contribution is 0.293. The van der Waals surface area contributed by atoms with Crippen LogP contribution in [0.1, 0.15) is 24.0 Å². The first-order valence-electron chi connectivity index (χ1n) is 6.67. The molecule has 2 rings (SSSR count). The van der Waals surface area contributed by atoms with Crippen molar-refractivity contribution in [1.29, 1.82) is 5.26 Å². The summed E-state index contributed by atoms with van der Waals surface area (Å²) in [5, 5.41) is 12.0. The first kappa shape index (κ1) is 17.9. The van der Waals surface area contributed by atoms with Crippen molar-refractivity contribution in [3.05, 3.63) is 29.3 Å². The molecule has 1 atom stereocenters. The van der Waals surface area contributed by atoms with Gasteiger partial charge in [-0.15, -0.1) is 12.4 Å². The molecule has 0 amide bonds. The zero-order valence-electron chi connectivity index (χ0n) is 12.2. The van der Waals surface area contributed by atoms with Crippen LogP contribution in [-0.2, 0) is 10.0 Å². The number of hydrogen-bond acceptors (Lipinski definition) is 4. The Labute approximate surface area is 132 Å². The van der Waals surface area contributed by atoms with Crippen molar-refractivity contribution >= 4 is 22.4 Å². The lowest BCUT2D eigenvalue weighted by atomic mass is 10.1. The van der Waals surface area contributed by atoms with E-state index in [0.29, 0.717) is 24.2 Å². The maximum Gasteiger partial charge on any atom is 0.243 e. The van der Waals surface area contributed by atoms with E-state index in [4.69, 9.17) is 5.26 Å². The van der Waals surface area contributed by atoms with Crippen molar-refractivity contribution in [2.75, 3.05) is 20.1 Å². The van der Waals surface area contributed by atoms with E-state index in [1.807, 2.05) is 7.05 Å². The maximum absolute atomic E-state index is 12.6. The standard InChI is InChI=1S/C14H19N3O2S.ClH/c1-11-8-14(6-5-12(11)9-15)20(18,19)17-7-3-4-13(10-17)16-2;/h5-6,8,13,16H,3-4,7,10H2,1-2H3;1H. The van der Waals surface area contributed by atoms with Gasteiger partial charge in [-0.3, -0.25) is 0 Å². The summed E-state index contributed by atoms with van der Waals surface area (Å²) in [6, 6.07) is 6.93. The molecule has 0 aromatic heterocycles. The molecule has 7 heteroatoms. The molecule has 116 valence electrons. The summed E-state index contributed by atoms with van der Waals surface area (Å²) < 4.78 is 26.8. The topological polar surface area (TPSA) is 73.2 Å². The quantitative estimate of drug-likeness (QED) is 0.915. The second-order valence-corrected chi connectivity index (χ2v) is 7.02. The number of halogens is 1. The largest absolute Gasteiger partial charge is 0.316 e. The second-order valence-electron chi connectivity index (χ2n) is 5.08. The van der Waals surface area contributed by atoms with Crippen molar-refractivity contribution < 1.29 is 8.42 Å². The van der Waals surface area contributed by atoms with Gasteiger partial charge in [0.15, 0.2) is 0 Å². The summed E-state index contributed by atoms with van der Waals surface area (Å²) in [6.07, 6.45) is 1.86. The average Bonchev–Trinajstić information content (AvgIpc) is 2.47. The first-order valence-corrected chi connectivity index (χ1v) is 8.11. The van der Waals surface area contributed by atoms with Crippen LogP contribution >= 0.6 is 12.4 Å². The molecule has 1 aliphatic rings. The van der Waals surface area contributed by atoms with Crippen molar-refractivity contribution in [2.24, 2.45) is 0 Å². The lowest BCUT2D eigenvalue weighted by Crippen LogP contribution is -2.46. The number of piperidine rings is 1. The molecule has 1 saturated heterocycles. The predicted octanol–water partition coefficient (Wildman–Crippen LogP) is 1.66. The third-order valence-corrected chi connectivity index (χ3v) is 5.61. The Hall–Kier alpha value is -1.13. The molecule has 1 heterocycles. The number of nitrogens with zero attached hydrogens (tertiary/aromatic N) is 2. The van der Waals surface area contributed by atoms with E-state index < -0.39 is 10.0 Å². The van der Waals surface area contributed by atoms with Crippen LogP contribution in [0.3, 0.4) is 0 Å². The molecule has 0 radical (unpaired) electrons. The Kier molecular flexibility index (Phi) is 6.17. The van der Waals surface area contributed by atoms with Gasteiger partial charge >= 0.3 is 0 Å². The Balaban J connectivity index is 0.00000220. The third-order valence-electron chi connectivity index (χ3n) is 3.75. The van der Waals surface area contributed by atoms with E-state index in [0.717, 1.165) is 12.8 Å². The van der Waals surface area contributed by atoms with Gasteiger partial charge in [-0.1, -0.05) is 0 Å². The summed E-state index contributed by atoms with van der Waals surface area (Å²) in [6.45, 7) is 2.81. The van der Waals surface area contributed by atoms with Gasteiger partial charge in [0, 0.05) is 19.1 Å². The smallest absolute Gasteiger partial charge is 0.243 e. The number of benzene rings is 1. The average molecular weight is 330 g/mol. The van der Waals surface area contributed by atoms with E-state index >= 15 is 0 Å². The highest BCUT2D eigenvalue weighted by Gasteiger charge is 2.29. The van der Waals surface area contributed by atoms with Gasteiger partial charge in [0.2, 0.25) is 10.0 Å². The van der Waals surface area contributed by atoms with E-state index in [9.17, 15) is 8.42 Å². The minimum Gasteiger partial charge on any atom is -0.316 e. The molecule has 1 fully saturated rings. The predicted molar refractivity (Wildman–Crippen MR) is 84.0 cm³/mol. The summed E-state index contributed by atoms with van der Waals surface area (Å²) in [5.74, 6) is 0. The minimum absolute atomic E-state index is 0. The van der Waals surface area contributed by atoms with Crippen molar-refractivity contribution in [3.8, 4) is 6.07 Å². The van der Waals surface area contributed by atoms with E-state index in [1.54, 1.807) is 19.1 Å². The molecule has 1 N–H and O–H groups in total. The van der Waals surface area contributed by atoms with E-state index in [2.05, 4.69) is 11.4 Å². The third kappa shape index (κ3) is 3.74. The maximum atomic E-state index is 12.6. The van der Waals surface area contributed by atoms with Crippen molar-refractivity contribution in [2.45, 2.75) is 30.7 Å². The van der Waals surface area contributed by atoms with Gasteiger partial charge in [0.05, 0.1) is 16.5 Å². The number of likely N-dealkylation sites (N-methyl/N-ethyl adjacent to an activating group) is 1. The fraction of sp³-hybridized carbons (Fsp3) is 0.500. The molecule has 0 saturated carbocycles. The van der Waals surface area contributed by atoms with Crippen molar-refractivity contribution in [1.82, 2.24) is 9.62 Å². The van der Waals surface area contributed by atoms with Gasteiger partial charge in [0.25, 0.3) is 0 Å². The molecular formula is C14H20ClN3O2S. The summed E-state index contributed by atoms with van der Waals surface area (Å²) in [4.78, 5) is 0.269. The van der Waals surface area contributed by atoms with Gasteiger partial charge in [-0.2, -0.15) is 9.57 Å². The highest BCUT2D eigenvalue weighted by atomic mass is 35.5. The van der Waals surface area contributed by atoms with Gasteiger partial charge in [0.1, 0.15) is 0 Å². The molecule has 5 nitrogen and oxygen atoms in total. The Morgan fingerprint density at radius 2 is 2.14 bits per heavy atom. The number of nitrogens with one attached hydrogen (secondary N) is 1. The number of nitriles is 1. The fourth-order valence-corrected chi connectivity index (χ4v) is 4.08. The van der Waals surface area contributed by atoms with Crippen LogP contribution in [0, 0.1) is 18.3 Å². The van der Waals surface area contributed by atoms with Crippen LogP contribution in [0.5, 0.6) is 0 Å². The van der Waals surface area contributed by atoms with E-state index in [1.165, 1.54) is 10.4 Å². The SMILES string of the molecule is CNC1CCCN(S(=O)(=O)c2ccc(C#N)c(C)c2)C1.Cl. The molecule has 0 aliphatic carbocycles. The normalized spacial score (nSPS) is 19.6.